The molecule has 3 heteroatoms. The number of hydrogen-bond acceptors (Lipinski definition) is 3. The van der Waals surface area contributed by atoms with Gasteiger partial charge in [0.15, 0.2) is 23.0 Å². The Morgan fingerprint density at radius 1 is 0.391 bits per heavy atom. The van der Waals surface area contributed by atoms with Crippen LogP contribution in [0.1, 0.15) is 53.5 Å². The minimum Gasteiger partial charge on any atom is -0.449 e. The molecule has 0 saturated heterocycles. The van der Waals surface area contributed by atoms with Gasteiger partial charge in [0.05, 0.1) is 16.8 Å². The summed E-state index contributed by atoms with van der Waals surface area (Å²) in [7, 11) is 0. The highest BCUT2D eigenvalue weighted by atomic mass is 16.6. The van der Waals surface area contributed by atoms with Crippen LogP contribution in [0.5, 0.6) is 23.0 Å². The molecule has 1 spiro atoms. The van der Waals surface area contributed by atoms with Crippen LogP contribution in [0.25, 0.3) is 39.0 Å². The van der Waals surface area contributed by atoms with E-state index in [1.54, 1.807) is 0 Å². The molecular weight excluding hydrogens is 779 g/mol. The Labute approximate surface area is 374 Å². The molecule has 0 N–H and O–H groups in total. The molecule has 0 atom stereocenters. The molecule has 304 valence electrons. The lowest BCUT2D eigenvalue weighted by Gasteiger charge is -2.33. The van der Waals surface area contributed by atoms with Crippen LogP contribution in [0.4, 0.5) is 17.1 Å². The van der Waals surface area contributed by atoms with Gasteiger partial charge in [0.1, 0.15) is 0 Å². The van der Waals surface area contributed by atoms with Gasteiger partial charge in [0.25, 0.3) is 0 Å². The highest BCUT2D eigenvalue weighted by Crippen LogP contribution is 2.65. The molecule has 4 aliphatic carbocycles. The first-order valence-corrected chi connectivity index (χ1v) is 22.5. The van der Waals surface area contributed by atoms with Crippen LogP contribution in [0, 0.1) is 0 Å². The highest BCUT2D eigenvalue weighted by Gasteiger charge is 2.52. The standard InChI is InChI=1S/C61H43NO2/c1-3-17-40(18-4-1)41-33-35-42(36-34-41)44-21-15-22-45(37-44)62(55-30-14-10-23-46(55)43-19-5-2-6-20-43)56-31-16-32-57-60(56)64-59-39-54-50(38-58(59)63-57)49-26-9-13-29-53(49)61(54)51-27-11-7-24-47(51)48-25-8-12-28-52(48)61/h1-3,5-17,19-33,35,37-39H,4,18,34,36H2. The SMILES string of the molecule is C1=CCCC(C2=CC=C(c3cccc(N(c4ccccc4-c4ccccc4)c4cccc5c4Oc4cc6c(cc4O5)-c4ccccc4C64c5ccccc5-c5ccccc54)c3)CC2)=C1. The van der Waals surface area contributed by atoms with E-state index in [2.05, 4.69) is 211 Å². The first kappa shape index (κ1) is 36.7. The average molecular weight is 822 g/mol. The molecule has 0 radical (unpaired) electrons. The summed E-state index contributed by atoms with van der Waals surface area (Å²) in [5, 5.41) is 0. The molecule has 0 bridgehead atoms. The maximum atomic E-state index is 7.30. The zero-order chi connectivity index (χ0) is 42.2. The minimum absolute atomic E-state index is 0.494. The number of anilines is 3. The molecule has 0 aromatic heterocycles. The first-order chi connectivity index (χ1) is 31.7. The van der Waals surface area contributed by atoms with Gasteiger partial charge in [-0.05, 0) is 141 Å². The lowest BCUT2D eigenvalue weighted by atomic mass is 9.70. The van der Waals surface area contributed by atoms with Crippen molar-refractivity contribution < 1.29 is 9.47 Å². The molecule has 8 aromatic carbocycles. The van der Waals surface area contributed by atoms with Gasteiger partial charge in [-0.2, -0.15) is 0 Å². The summed E-state index contributed by atoms with van der Waals surface area (Å²) in [6.45, 7) is 0. The zero-order valence-corrected chi connectivity index (χ0v) is 35.3. The van der Waals surface area contributed by atoms with Crippen LogP contribution in [-0.2, 0) is 5.41 Å². The lowest BCUT2D eigenvalue weighted by Crippen LogP contribution is -2.26. The molecule has 1 heterocycles. The van der Waals surface area contributed by atoms with E-state index in [1.807, 2.05) is 6.07 Å². The van der Waals surface area contributed by atoms with Crippen molar-refractivity contribution in [2.45, 2.75) is 31.1 Å². The maximum absolute atomic E-state index is 7.30. The van der Waals surface area contributed by atoms with E-state index in [4.69, 9.17) is 9.47 Å². The van der Waals surface area contributed by atoms with Gasteiger partial charge in [-0.25, -0.2) is 0 Å². The minimum atomic E-state index is -0.494. The van der Waals surface area contributed by atoms with Crippen molar-refractivity contribution in [3.8, 4) is 56.4 Å². The highest BCUT2D eigenvalue weighted by molar-refractivity contribution is 5.97. The summed E-state index contributed by atoms with van der Waals surface area (Å²) in [5.41, 5.74) is 20.3. The van der Waals surface area contributed by atoms with Crippen molar-refractivity contribution in [1.82, 2.24) is 0 Å². The van der Waals surface area contributed by atoms with E-state index < -0.39 is 5.41 Å². The van der Waals surface area contributed by atoms with Gasteiger partial charge in [-0.15, -0.1) is 0 Å². The number of para-hydroxylation sites is 2. The largest absolute Gasteiger partial charge is 0.449 e. The molecule has 0 fully saturated rings. The van der Waals surface area contributed by atoms with E-state index in [9.17, 15) is 0 Å². The maximum Gasteiger partial charge on any atom is 0.194 e. The molecule has 64 heavy (non-hydrogen) atoms. The molecule has 0 amide bonds. The Kier molecular flexibility index (Phi) is 8.39. The van der Waals surface area contributed by atoms with E-state index >= 15 is 0 Å². The van der Waals surface area contributed by atoms with E-state index in [0.717, 1.165) is 53.9 Å². The quantitative estimate of drug-likeness (QED) is 0.167. The molecule has 1 aliphatic heterocycles. The second-order valence-electron chi connectivity index (χ2n) is 17.4. The zero-order valence-electron chi connectivity index (χ0n) is 35.3. The number of benzene rings is 8. The van der Waals surface area contributed by atoms with Crippen LogP contribution in [-0.4, -0.2) is 0 Å². The summed E-state index contributed by atoms with van der Waals surface area (Å²) in [5.74, 6) is 2.78. The third-order valence-electron chi connectivity index (χ3n) is 14.0. The van der Waals surface area contributed by atoms with Gasteiger partial charge < -0.3 is 14.4 Å². The Morgan fingerprint density at radius 3 is 1.70 bits per heavy atom. The number of fused-ring (bicyclic) bond motifs is 12. The molecule has 0 unspecified atom stereocenters. The molecular formula is C61H43NO2. The topological polar surface area (TPSA) is 21.7 Å². The number of hydrogen-bond donors (Lipinski definition) is 0. The fourth-order valence-corrected chi connectivity index (χ4v) is 11.1. The number of nitrogens with zero attached hydrogens (tertiary/aromatic N) is 1. The molecule has 13 rings (SSSR count). The smallest absolute Gasteiger partial charge is 0.194 e. The van der Waals surface area contributed by atoms with Gasteiger partial charge in [-0.1, -0.05) is 170 Å². The number of rotatable bonds is 6. The van der Waals surface area contributed by atoms with Gasteiger partial charge >= 0.3 is 0 Å². The van der Waals surface area contributed by atoms with E-state index in [0.29, 0.717) is 23.0 Å². The van der Waals surface area contributed by atoms with Crippen molar-refractivity contribution in [3.63, 3.8) is 0 Å². The second-order valence-corrected chi connectivity index (χ2v) is 17.4. The van der Waals surface area contributed by atoms with Gasteiger partial charge in [-0.3, -0.25) is 0 Å². The summed E-state index contributed by atoms with van der Waals surface area (Å²) >= 11 is 0. The van der Waals surface area contributed by atoms with Gasteiger partial charge in [0, 0.05) is 11.3 Å². The molecule has 5 aliphatic rings. The van der Waals surface area contributed by atoms with Crippen molar-refractivity contribution >= 4 is 22.6 Å². The predicted octanol–water partition coefficient (Wildman–Crippen LogP) is 16.4. The molecule has 8 aromatic rings. The summed E-state index contributed by atoms with van der Waals surface area (Å²) in [6.07, 6.45) is 15.7. The molecule has 3 nitrogen and oxygen atoms in total. The average Bonchev–Trinajstić information content (AvgIpc) is 3.83. The second kappa shape index (κ2) is 14.6. The van der Waals surface area contributed by atoms with Crippen molar-refractivity contribution in [3.05, 3.63) is 251 Å². The molecule has 0 saturated carbocycles. The monoisotopic (exact) mass is 821 g/mol. The number of allylic oxidation sites excluding steroid dienone is 8. The fraction of sp³-hybridized carbons (Fsp3) is 0.0820. The Balaban J connectivity index is 0.971. The van der Waals surface area contributed by atoms with Crippen LogP contribution in [0.3, 0.4) is 0 Å². The van der Waals surface area contributed by atoms with Crippen molar-refractivity contribution in [2.24, 2.45) is 0 Å². The summed E-state index contributed by atoms with van der Waals surface area (Å²) in [6, 6.07) is 65.8. The van der Waals surface area contributed by atoms with Crippen LogP contribution < -0.4 is 14.4 Å². The van der Waals surface area contributed by atoms with E-state index in [1.165, 1.54) is 66.8 Å². The van der Waals surface area contributed by atoms with Crippen molar-refractivity contribution in [1.29, 1.82) is 0 Å². The third-order valence-corrected chi connectivity index (χ3v) is 14.0. The van der Waals surface area contributed by atoms with Crippen LogP contribution in [0.15, 0.2) is 224 Å². The van der Waals surface area contributed by atoms with Crippen LogP contribution >= 0.6 is 0 Å². The number of ether oxygens (including phenoxy) is 2. The first-order valence-electron chi connectivity index (χ1n) is 22.5. The fourth-order valence-electron chi connectivity index (χ4n) is 11.1. The lowest BCUT2D eigenvalue weighted by molar-refractivity contribution is 0.360. The third kappa shape index (κ3) is 5.53. The Morgan fingerprint density at radius 2 is 0.984 bits per heavy atom. The van der Waals surface area contributed by atoms with Crippen molar-refractivity contribution in [2.75, 3.05) is 4.90 Å². The Bertz CT molecular complexity index is 3300. The van der Waals surface area contributed by atoms with E-state index in [-0.39, 0.29) is 0 Å². The van der Waals surface area contributed by atoms with Gasteiger partial charge in [0.2, 0.25) is 0 Å². The van der Waals surface area contributed by atoms with Crippen LogP contribution in [0.2, 0.25) is 0 Å². The Hall–Kier alpha value is -7.88. The summed E-state index contributed by atoms with van der Waals surface area (Å²) in [4.78, 5) is 2.36. The normalized spacial score (nSPS) is 15.5. The summed E-state index contributed by atoms with van der Waals surface area (Å²) < 4.78 is 14.3. The predicted molar refractivity (Wildman–Crippen MR) is 261 cm³/mol.